The summed E-state index contributed by atoms with van der Waals surface area (Å²) in [4.78, 5) is 0. The van der Waals surface area contributed by atoms with Crippen LogP contribution in [0.2, 0.25) is 0 Å². The Morgan fingerprint density at radius 1 is 0.695 bits per heavy atom. The van der Waals surface area contributed by atoms with E-state index in [-0.39, 0.29) is 17.6 Å². The third kappa shape index (κ3) is 9.44. The highest BCUT2D eigenvalue weighted by molar-refractivity contribution is 5.16. The number of aliphatic hydroxyl groups is 1. The molecule has 3 aromatic carbocycles. The van der Waals surface area contributed by atoms with Crippen molar-refractivity contribution in [3.05, 3.63) is 108 Å². The molecule has 4 saturated carbocycles. The van der Waals surface area contributed by atoms with Crippen molar-refractivity contribution in [1.29, 1.82) is 0 Å². The van der Waals surface area contributed by atoms with Crippen molar-refractivity contribution in [1.82, 2.24) is 0 Å². The predicted octanol–water partition coefficient (Wildman–Crippen LogP) is 11.6. The van der Waals surface area contributed by atoms with E-state index >= 15 is 0 Å². The quantitative estimate of drug-likeness (QED) is 0.147. The van der Waals surface area contributed by atoms with E-state index < -0.39 is 24.6 Å². The van der Waals surface area contributed by atoms with E-state index in [1.54, 1.807) is 0 Å². The molecule has 6 heteroatoms. The fraction of sp³-hybridized carbons (Fsp3) is 0.660. The topological polar surface area (TPSA) is 66.4 Å². The third-order valence-electron chi connectivity index (χ3n) is 16.5. The van der Waals surface area contributed by atoms with Gasteiger partial charge in [-0.05, 0) is 114 Å². The van der Waals surface area contributed by atoms with Crippen molar-refractivity contribution in [2.45, 2.75) is 162 Å². The molecule has 0 radical (unpaired) electrons. The second-order valence-corrected chi connectivity index (χ2v) is 20.4. The molecule has 3 aromatic rings. The lowest BCUT2D eigenvalue weighted by Crippen LogP contribution is -2.59. The fourth-order valence-electron chi connectivity index (χ4n) is 13.3. The average molecular weight is 807 g/mol. The van der Waals surface area contributed by atoms with Gasteiger partial charge in [-0.25, -0.2) is 0 Å². The summed E-state index contributed by atoms with van der Waals surface area (Å²) < 4.78 is 33.7. The van der Waals surface area contributed by atoms with Gasteiger partial charge in [0, 0.05) is 6.42 Å². The zero-order chi connectivity index (χ0) is 41.0. The van der Waals surface area contributed by atoms with Crippen LogP contribution in [0.25, 0.3) is 0 Å². The Hall–Kier alpha value is -2.58. The molecule has 1 saturated heterocycles. The highest BCUT2D eigenvalue weighted by Crippen LogP contribution is 2.68. The van der Waals surface area contributed by atoms with Crippen LogP contribution in [0.1, 0.15) is 122 Å². The van der Waals surface area contributed by atoms with Gasteiger partial charge in [-0.3, -0.25) is 0 Å². The Bertz CT molecular complexity index is 1720. The number of ether oxygens (including phenoxy) is 5. The molecule has 4 aliphatic carbocycles. The van der Waals surface area contributed by atoms with Crippen LogP contribution < -0.4 is 0 Å². The molecule has 1 heterocycles. The Labute approximate surface area is 356 Å². The van der Waals surface area contributed by atoms with Gasteiger partial charge >= 0.3 is 0 Å². The molecule has 2 unspecified atom stereocenters. The maximum absolute atomic E-state index is 12.4. The normalized spacial score (nSPS) is 37.2. The molecule has 5 fully saturated rings. The molecule has 59 heavy (non-hydrogen) atoms. The lowest BCUT2D eigenvalue weighted by molar-refractivity contribution is -0.242. The molecule has 8 rings (SSSR count). The van der Waals surface area contributed by atoms with Crippen LogP contribution in [-0.2, 0) is 43.5 Å². The smallest absolute Gasteiger partial charge is 0.187 e. The first-order chi connectivity index (χ1) is 28.6. The van der Waals surface area contributed by atoms with Crippen LogP contribution in [-0.4, -0.2) is 48.5 Å². The van der Waals surface area contributed by atoms with Crippen molar-refractivity contribution in [2.75, 3.05) is 6.61 Å². The van der Waals surface area contributed by atoms with Gasteiger partial charge in [-0.1, -0.05) is 145 Å². The van der Waals surface area contributed by atoms with Crippen molar-refractivity contribution >= 4 is 0 Å². The van der Waals surface area contributed by atoms with Crippen LogP contribution in [0.4, 0.5) is 0 Å². The first-order valence-corrected chi connectivity index (χ1v) is 23.5. The molecule has 14 atom stereocenters. The van der Waals surface area contributed by atoms with E-state index in [1.165, 1.54) is 57.8 Å². The van der Waals surface area contributed by atoms with Crippen molar-refractivity contribution in [2.24, 2.45) is 52.3 Å². The summed E-state index contributed by atoms with van der Waals surface area (Å²) in [5, 5.41) is 12.4. The van der Waals surface area contributed by atoms with Gasteiger partial charge in [0.25, 0.3) is 0 Å². The maximum atomic E-state index is 12.4. The zero-order valence-electron chi connectivity index (χ0n) is 36.8. The number of rotatable bonds is 17. The molecule has 0 bridgehead atoms. The van der Waals surface area contributed by atoms with Crippen molar-refractivity contribution in [3.8, 4) is 0 Å². The molecule has 0 aromatic heterocycles. The van der Waals surface area contributed by atoms with Gasteiger partial charge < -0.3 is 28.8 Å². The van der Waals surface area contributed by atoms with E-state index in [0.717, 1.165) is 52.7 Å². The minimum Gasteiger partial charge on any atom is -0.392 e. The first-order valence-electron chi connectivity index (χ1n) is 23.5. The molecular weight excluding hydrogens is 733 g/mol. The predicted molar refractivity (Wildman–Crippen MR) is 234 cm³/mol. The van der Waals surface area contributed by atoms with Crippen LogP contribution in [0, 0.1) is 52.3 Å². The minimum atomic E-state index is -0.643. The molecule has 1 aliphatic heterocycles. The summed E-state index contributed by atoms with van der Waals surface area (Å²) in [6, 6.07) is 30.9. The standard InChI is InChI=1S/C53H74O6/c1-36(2)16-15-17-37(3)44-26-27-45-43-25-24-41-30-42(31-48(54)53(41,5)46(43)28-29-52(44,45)4)58-51-50(57-34-40-22-13-8-14-23-40)49(56-33-39-20-11-7-12-21-39)47(59-51)35-55-32-38-18-9-6-10-19-38/h6-14,18-23,36-37,41-51,54H,15-17,24-35H2,1-5H3/t37-,41?,42-,43+,44-,45+,46+,47-,48?,49-,50-,51+,52-,53+/m1/s1. The second kappa shape index (κ2) is 19.2. The molecular formula is C53H74O6. The SMILES string of the molecule is CC(C)CCC[C@@H](C)[C@H]1CC[C@H]2[C@@H]3CCC4C[C@@H](O[C@H]5O[C@H](COCc6ccccc6)[C@@H](OCc6ccccc6)[C@H]5OCc5ccccc5)CC(O)[C@]4(C)[C@H]3CC[C@]12C. The molecule has 0 spiro atoms. The van der Waals surface area contributed by atoms with E-state index in [1.807, 2.05) is 54.6 Å². The van der Waals surface area contributed by atoms with Gasteiger partial charge in [0.15, 0.2) is 6.29 Å². The first kappa shape index (κ1) is 43.1. The number of aliphatic hydroxyl groups excluding tert-OH is 1. The van der Waals surface area contributed by atoms with E-state index in [0.29, 0.717) is 50.1 Å². The Morgan fingerprint density at radius 2 is 1.32 bits per heavy atom. The Morgan fingerprint density at radius 3 is 1.97 bits per heavy atom. The molecule has 6 nitrogen and oxygen atoms in total. The van der Waals surface area contributed by atoms with Crippen molar-refractivity contribution < 1.29 is 28.8 Å². The molecule has 0 amide bonds. The molecule has 1 N–H and O–H groups in total. The van der Waals surface area contributed by atoms with E-state index in [9.17, 15) is 5.11 Å². The minimum absolute atomic E-state index is 0.0834. The van der Waals surface area contributed by atoms with E-state index in [4.69, 9.17) is 23.7 Å². The summed E-state index contributed by atoms with van der Waals surface area (Å²) in [5.74, 6) is 4.97. The van der Waals surface area contributed by atoms with E-state index in [2.05, 4.69) is 71.0 Å². The zero-order valence-corrected chi connectivity index (χ0v) is 36.8. The highest BCUT2D eigenvalue weighted by atomic mass is 16.7. The van der Waals surface area contributed by atoms with Crippen LogP contribution >= 0.6 is 0 Å². The number of fused-ring (bicyclic) bond motifs is 5. The summed E-state index contributed by atoms with van der Waals surface area (Å²) in [6.07, 6.45) is 11.1. The largest absolute Gasteiger partial charge is 0.392 e. The number of hydrogen-bond acceptors (Lipinski definition) is 6. The summed E-state index contributed by atoms with van der Waals surface area (Å²) in [7, 11) is 0. The lowest BCUT2D eigenvalue weighted by atomic mass is 9.43. The van der Waals surface area contributed by atoms with Gasteiger partial charge in [-0.2, -0.15) is 0 Å². The second-order valence-electron chi connectivity index (χ2n) is 20.4. The van der Waals surface area contributed by atoms with Gasteiger partial charge in [0.05, 0.1) is 38.6 Å². The summed E-state index contributed by atoms with van der Waals surface area (Å²) >= 11 is 0. The lowest BCUT2D eigenvalue weighted by Gasteiger charge is -2.62. The Balaban J connectivity index is 0.964. The van der Waals surface area contributed by atoms with Crippen LogP contribution in [0.5, 0.6) is 0 Å². The van der Waals surface area contributed by atoms with Gasteiger partial charge in [0.1, 0.15) is 18.3 Å². The Kier molecular flexibility index (Phi) is 14.0. The van der Waals surface area contributed by atoms with Crippen LogP contribution in [0.3, 0.4) is 0 Å². The highest BCUT2D eigenvalue weighted by Gasteiger charge is 2.63. The molecule has 5 aliphatic rings. The third-order valence-corrected chi connectivity index (χ3v) is 16.5. The van der Waals surface area contributed by atoms with Crippen LogP contribution in [0.15, 0.2) is 91.0 Å². The maximum Gasteiger partial charge on any atom is 0.187 e. The number of hydrogen-bond donors (Lipinski definition) is 1. The van der Waals surface area contributed by atoms with Gasteiger partial charge in [0.2, 0.25) is 0 Å². The van der Waals surface area contributed by atoms with Gasteiger partial charge in [-0.15, -0.1) is 0 Å². The monoisotopic (exact) mass is 807 g/mol. The summed E-state index contributed by atoms with van der Waals surface area (Å²) in [5.41, 5.74) is 3.67. The van der Waals surface area contributed by atoms with Crippen molar-refractivity contribution in [3.63, 3.8) is 0 Å². The summed E-state index contributed by atoms with van der Waals surface area (Å²) in [6.45, 7) is 14.1. The average Bonchev–Trinajstić information content (AvgIpc) is 3.76. The fourth-order valence-corrected chi connectivity index (χ4v) is 13.3. The molecule has 322 valence electrons. The number of benzene rings is 3.